The Bertz CT molecular complexity index is 346. The Balaban J connectivity index is 2.15. The van der Waals surface area contributed by atoms with E-state index in [2.05, 4.69) is 18.9 Å². The van der Waals surface area contributed by atoms with Gasteiger partial charge in [0.1, 0.15) is 5.76 Å². The third-order valence-corrected chi connectivity index (χ3v) is 3.29. The van der Waals surface area contributed by atoms with Crippen LogP contribution < -0.4 is 0 Å². The molecule has 3 heteroatoms. The second-order valence-corrected chi connectivity index (χ2v) is 4.67. The maximum atomic E-state index is 5.35. The van der Waals surface area contributed by atoms with Crippen molar-refractivity contribution in [2.45, 2.75) is 52.1 Å². The van der Waals surface area contributed by atoms with Gasteiger partial charge in [-0.2, -0.15) is 5.10 Å². The van der Waals surface area contributed by atoms with E-state index in [0.717, 1.165) is 11.5 Å². The highest BCUT2D eigenvalue weighted by Crippen LogP contribution is 2.23. The fraction of sp³-hybridized carbons (Fsp3) is 0.615. The van der Waals surface area contributed by atoms with Crippen molar-refractivity contribution in [3.8, 4) is 0 Å². The van der Waals surface area contributed by atoms with Crippen molar-refractivity contribution < 1.29 is 4.42 Å². The van der Waals surface area contributed by atoms with Gasteiger partial charge in [0.05, 0.1) is 12.0 Å². The van der Waals surface area contributed by atoms with Crippen LogP contribution in [0.5, 0.6) is 0 Å². The van der Waals surface area contributed by atoms with E-state index in [-0.39, 0.29) is 0 Å². The first-order chi connectivity index (χ1) is 7.68. The molecule has 0 unspecified atom stereocenters. The van der Waals surface area contributed by atoms with Gasteiger partial charge in [0.2, 0.25) is 0 Å². The minimum Gasteiger partial charge on any atom is -0.463 e. The first kappa shape index (κ1) is 11.2. The quantitative estimate of drug-likeness (QED) is 0.716. The molecule has 0 bridgehead atoms. The Morgan fingerprint density at radius 2 is 2.06 bits per heavy atom. The normalized spacial score (nSPS) is 27.2. The fourth-order valence-corrected chi connectivity index (χ4v) is 2.31. The highest BCUT2D eigenvalue weighted by molar-refractivity contribution is 5.95. The number of hydrogen-bond donors (Lipinski definition) is 0. The van der Waals surface area contributed by atoms with Crippen molar-refractivity contribution in [2.75, 3.05) is 0 Å². The SMILES string of the molecule is C/C(=N/N1[C@H](C)CCC[C@@H]1C)c1ccco1. The summed E-state index contributed by atoms with van der Waals surface area (Å²) in [7, 11) is 0. The molecule has 0 amide bonds. The van der Waals surface area contributed by atoms with E-state index in [9.17, 15) is 0 Å². The van der Waals surface area contributed by atoms with Gasteiger partial charge >= 0.3 is 0 Å². The van der Waals surface area contributed by atoms with Crippen LogP contribution in [0, 0.1) is 0 Å². The largest absolute Gasteiger partial charge is 0.463 e. The molecular formula is C13H20N2O. The maximum Gasteiger partial charge on any atom is 0.149 e. The van der Waals surface area contributed by atoms with Crippen LogP contribution in [-0.2, 0) is 0 Å². The van der Waals surface area contributed by atoms with Gasteiger partial charge in [-0.15, -0.1) is 0 Å². The van der Waals surface area contributed by atoms with Crippen LogP contribution in [-0.4, -0.2) is 22.8 Å². The fourth-order valence-electron chi connectivity index (χ4n) is 2.31. The molecule has 1 aromatic rings. The van der Waals surface area contributed by atoms with Crippen molar-refractivity contribution in [2.24, 2.45) is 5.10 Å². The van der Waals surface area contributed by atoms with Crippen LogP contribution in [0.2, 0.25) is 0 Å². The van der Waals surface area contributed by atoms with Crippen molar-refractivity contribution in [3.63, 3.8) is 0 Å². The molecule has 2 rings (SSSR count). The smallest absolute Gasteiger partial charge is 0.149 e. The first-order valence-electron chi connectivity index (χ1n) is 6.06. The number of piperidine rings is 1. The van der Waals surface area contributed by atoms with Crippen molar-refractivity contribution >= 4 is 5.71 Å². The molecule has 0 N–H and O–H groups in total. The molecule has 3 nitrogen and oxygen atoms in total. The molecule has 0 aromatic carbocycles. The topological polar surface area (TPSA) is 28.7 Å². The van der Waals surface area contributed by atoms with Crippen LogP contribution in [0.3, 0.4) is 0 Å². The van der Waals surface area contributed by atoms with E-state index in [1.807, 2.05) is 19.1 Å². The summed E-state index contributed by atoms with van der Waals surface area (Å²) in [6, 6.07) is 4.93. The molecule has 1 aromatic heterocycles. The van der Waals surface area contributed by atoms with E-state index in [4.69, 9.17) is 9.52 Å². The molecule has 2 heterocycles. The molecule has 1 aliphatic heterocycles. The van der Waals surface area contributed by atoms with E-state index < -0.39 is 0 Å². The summed E-state index contributed by atoms with van der Waals surface area (Å²) in [5, 5.41) is 6.92. The summed E-state index contributed by atoms with van der Waals surface area (Å²) in [6.45, 7) is 6.50. The van der Waals surface area contributed by atoms with Crippen LogP contribution in [0.4, 0.5) is 0 Å². The number of furan rings is 1. The lowest BCUT2D eigenvalue weighted by Crippen LogP contribution is -2.40. The molecule has 0 radical (unpaired) electrons. The summed E-state index contributed by atoms with van der Waals surface area (Å²) in [5.41, 5.74) is 0.964. The van der Waals surface area contributed by atoms with Gasteiger partial charge < -0.3 is 4.42 Å². The number of rotatable bonds is 2. The van der Waals surface area contributed by atoms with Crippen LogP contribution in [0.15, 0.2) is 27.9 Å². The minimum atomic E-state index is 0.536. The molecule has 16 heavy (non-hydrogen) atoms. The predicted octanol–water partition coefficient (Wildman–Crippen LogP) is 3.27. The summed E-state index contributed by atoms with van der Waals surface area (Å²) >= 11 is 0. The van der Waals surface area contributed by atoms with Gasteiger partial charge in [-0.05, 0) is 52.2 Å². The summed E-state index contributed by atoms with van der Waals surface area (Å²) in [4.78, 5) is 0. The zero-order chi connectivity index (χ0) is 11.5. The van der Waals surface area contributed by atoms with Gasteiger partial charge in [-0.25, -0.2) is 0 Å². The Hall–Kier alpha value is -1.25. The second kappa shape index (κ2) is 4.73. The van der Waals surface area contributed by atoms with Gasteiger partial charge in [-0.1, -0.05) is 0 Å². The zero-order valence-corrected chi connectivity index (χ0v) is 10.3. The second-order valence-electron chi connectivity index (χ2n) is 4.67. The third kappa shape index (κ3) is 2.29. The monoisotopic (exact) mass is 220 g/mol. The standard InChI is InChI=1S/C13H20N2O/c1-10-6-4-7-11(2)15(10)14-12(3)13-8-5-9-16-13/h5,8-11H,4,6-7H2,1-3H3/b14-12-/t10-,11+. The molecule has 2 atom stereocenters. The van der Waals surface area contributed by atoms with Crippen molar-refractivity contribution in [1.82, 2.24) is 5.01 Å². The Morgan fingerprint density at radius 1 is 1.38 bits per heavy atom. The summed E-state index contributed by atoms with van der Waals surface area (Å²) < 4.78 is 5.35. The van der Waals surface area contributed by atoms with Crippen LogP contribution >= 0.6 is 0 Å². The number of hydrazone groups is 1. The van der Waals surface area contributed by atoms with Gasteiger partial charge in [0.15, 0.2) is 0 Å². The highest BCUT2D eigenvalue weighted by atomic mass is 16.3. The lowest BCUT2D eigenvalue weighted by molar-refractivity contribution is 0.108. The molecule has 1 aliphatic rings. The van der Waals surface area contributed by atoms with E-state index in [1.165, 1.54) is 19.3 Å². The van der Waals surface area contributed by atoms with Crippen LogP contribution in [0.1, 0.15) is 45.8 Å². The maximum absolute atomic E-state index is 5.35. The molecule has 0 aliphatic carbocycles. The summed E-state index contributed by atoms with van der Waals surface area (Å²) in [6.07, 6.45) is 5.48. The Morgan fingerprint density at radius 3 is 2.62 bits per heavy atom. The van der Waals surface area contributed by atoms with Gasteiger partial charge in [-0.3, -0.25) is 5.01 Å². The van der Waals surface area contributed by atoms with Gasteiger partial charge in [0, 0.05) is 12.1 Å². The first-order valence-corrected chi connectivity index (χ1v) is 6.06. The van der Waals surface area contributed by atoms with Crippen molar-refractivity contribution in [1.29, 1.82) is 0 Å². The Kier molecular flexibility index (Phi) is 3.32. The average molecular weight is 220 g/mol. The lowest BCUT2D eigenvalue weighted by atomic mass is 10.00. The average Bonchev–Trinajstić information content (AvgIpc) is 2.76. The molecule has 88 valence electrons. The van der Waals surface area contributed by atoms with Crippen molar-refractivity contribution in [3.05, 3.63) is 24.2 Å². The predicted molar refractivity (Wildman–Crippen MR) is 65.5 cm³/mol. The number of nitrogens with zero attached hydrogens (tertiary/aromatic N) is 2. The third-order valence-electron chi connectivity index (χ3n) is 3.29. The molecule has 0 spiro atoms. The molecule has 1 saturated heterocycles. The lowest BCUT2D eigenvalue weighted by Gasteiger charge is -2.37. The van der Waals surface area contributed by atoms with E-state index >= 15 is 0 Å². The van der Waals surface area contributed by atoms with E-state index in [1.54, 1.807) is 6.26 Å². The number of hydrogen-bond acceptors (Lipinski definition) is 3. The molecule has 0 saturated carbocycles. The van der Waals surface area contributed by atoms with E-state index in [0.29, 0.717) is 12.1 Å². The minimum absolute atomic E-state index is 0.536. The highest BCUT2D eigenvalue weighted by Gasteiger charge is 2.23. The molecular weight excluding hydrogens is 200 g/mol. The zero-order valence-electron chi connectivity index (χ0n) is 10.3. The molecule has 1 fully saturated rings. The summed E-state index contributed by atoms with van der Waals surface area (Å²) in [5.74, 6) is 0.866. The van der Waals surface area contributed by atoms with Crippen LogP contribution in [0.25, 0.3) is 0 Å². The van der Waals surface area contributed by atoms with Gasteiger partial charge in [0.25, 0.3) is 0 Å². The Labute approximate surface area is 97.1 Å².